The molecule has 1 atom stereocenters. The molecule has 0 N–H and O–H groups in total. The van der Waals surface area contributed by atoms with E-state index in [0.29, 0.717) is 42.5 Å². The number of fused-ring (bicyclic) bond motifs is 3. The third-order valence-electron chi connectivity index (χ3n) is 6.06. The molecule has 1 saturated heterocycles. The van der Waals surface area contributed by atoms with Crippen LogP contribution in [0.2, 0.25) is 0 Å². The van der Waals surface area contributed by atoms with Crippen molar-refractivity contribution >= 4 is 21.7 Å². The van der Waals surface area contributed by atoms with E-state index in [9.17, 15) is 13.2 Å². The lowest BCUT2D eigenvalue weighted by Crippen LogP contribution is -2.41. The molecule has 0 aliphatic carbocycles. The smallest absolute Gasteiger partial charge is 0.231 e. The molecule has 3 heterocycles. The van der Waals surface area contributed by atoms with Gasteiger partial charge in [-0.25, -0.2) is 8.42 Å². The summed E-state index contributed by atoms with van der Waals surface area (Å²) in [5.41, 5.74) is 3.47. The fraction of sp³-hybridized carbons (Fsp3) is 0.348. The van der Waals surface area contributed by atoms with E-state index in [2.05, 4.69) is 6.92 Å². The minimum Gasteiger partial charge on any atom is -0.478 e. The Balaban J connectivity index is 1.43. The second-order valence-electron chi connectivity index (χ2n) is 8.03. The summed E-state index contributed by atoms with van der Waals surface area (Å²) in [7, 11) is -2.98. The van der Waals surface area contributed by atoms with Gasteiger partial charge < -0.3 is 9.47 Å². The van der Waals surface area contributed by atoms with Gasteiger partial charge in [-0.1, -0.05) is 31.2 Å². The number of ether oxygens (including phenoxy) is 2. The van der Waals surface area contributed by atoms with Crippen molar-refractivity contribution < 1.29 is 22.7 Å². The number of hydrogen-bond donors (Lipinski definition) is 0. The van der Waals surface area contributed by atoms with E-state index in [0.717, 1.165) is 17.5 Å². The summed E-state index contributed by atoms with van der Waals surface area (Å²) in [6.07, 6.45) is 3.33. The average molecular weight is 426 g/mol. The van der Waals surface area contributed by atoms with Crippen LogP contribution in [0.15, 0.2) is 42.2 Å². The maximum Gasteiger partial charge on any atom is 0.231 e. The second-order valence-corrected chi connectivity index (χ2v) is 10.3. The van der Waals surface area contributed by atoms with Crippen molar-refractivity contribution in [2.75, 3.05) is 18.2 Å². The lowest BCUT2D eigenvalue weighted by Gasteiger charge is -2.33. The van der Waals surface area contributed by atoms with Crippen molar-refractivity contribution in [2.45, 2.75) is 32.4 Å². The third kappa shape index (κ3) is 3.42. The van der Waals surface area contributed by atoms with E-state index in [1.807, 2.05) is 29.2 Å². The van der Waals surface area contributed by atoms with Gasteiger partial charge in [0.05, 0.1) is 22.6 Å². The van der Waals surface area contributed by atoms with Crippen LogP contribution in [0.4, 0.5) is 0 Å². The van der Waals surface area contributed by atoms with Gasteiger partial charge in [-0.2, -0.15) is 0 Å². The number of hydrogen-bond acceptors (Lipinski definition) is 6. The first-order valence-corrected chi connectivity index (χ1v) is 12.0. The van der Waals surface area contributed by atoms with Crippen LogP contribution in [0.5, 0.6) is 11.5 Å². The van der Waals surface area contributed by atoms with Crippen LogP contribution in [0.1, 0.15) is 40.4 Å². The number of allylic oxidation sites excluding steroid dienone is 1. The highest BCUT2D eigenvalue weighted by atomic mass is 32.2. The highest BCUT2D eigenvalue weighted by molar-refractivity contribution is 7.91. The number of ketones is 1. The van der Waals surface area contributed by atoms with E-state index in [1.165, 1.54) is 5.56 Å². The lowest BCUT2D eigenvalue weighted by molar-refractivity contribution is 0.0634. The number of rotatable bonds is 3. The highest BCUT2D eigenvalue weighted by Gasteiger charge is 2.38. The summed E-state index contributed by atoms with van der Waals surface area (Å²) in [5, 5.41) is 0. The van der Waals surface area contributed by atoms with Gasteiger partial charge in [0.2, 0.25) is 5.78 Å². The molecular weight excluding hydrogens is 402 g/mol. The zero-order valence-electron chi connectivity index (χ0n) is 16.8. The molecule has 1 unspecified atom stereocenters. The summed E-state index contributed by atoms with van der Waals surface area (Å²) >= 11 is 0. The average Bonchev–Trinajstić information content (AvgIpc) is 3.27. The molecule has 0 radical (unpaired) electrons. The van der Waals surface area contributed by atoms with Crippen LogP contribution >= 0.6 is 0 Å². The van der Waals surface area contributed by atoms with Gasteiger partial charge in [0.1, 0.15) is 18.2 Å². The van der Waals surface area contributed by atoms with Crippen molar-refractivity contribution in [1.29, 1.82) is 0 Å². The van der Waals surface area contributed by atoms with Crippen LogP contribution in [0.3, 0.4) is 0 Å². The van der Waals surface area contributed by atoms with Crippen LogP contribution < -0.4 is 9.47 Å². The number of benzene rings is 2. The molecule has 30 heavy (non-hydrogen) atoms. The first-order valence-electron chi connectivity index (χ1n) is 10.2. The predicted octanol–water partition coefficient (Wildman–Crippen LogP) is 3.20. The monoisotopic (exact) mass is 425 g/mol. The molecule has 2 aromatic carbocycles. The molecular formula is C23H23NO5S. The Morgan fingerprint density at radius 1 is 1.17 bits per heavy atom. The zero-order valence-corrected chi connectivity index (χ0v) is 17.6. The molecule has 3 aliphatic heterocycles. The molecule has 1 fully saturated rings. The largest absolute Gasteiger partial charge is 0.478 e. The fourth-order valence-electron chi connectivity index (χ4n) is 4.27. The Morgan fingerprint density at radius 3 is 2.67 bits per heavy atom. The van der Waals surface area contributed by atoms with E-state index in [4.69, 9.17) is 9.47 Å². The zero-order chi connectivity index (χ0) is 20.9. The number of sulfone groups is 1. The van der Waals surface area contributed by atoms with Gasteiger partial charge in [-0.05, 0) is 42.2 Å². The molecule has 0 saturated carbocycles. The van der Waals surface area contributed by atoms with E-state index < -0.39 is 9.84 Å². The van der Waals surface area contributed by atoms with Gasteiger partial charge >= 0.3 is 0 Å². The van der Waals surface area contributed by atoms with Crippen LogP contribution in [0.25, 0.3) is 6.08 Å². The van der Waals surface area contributed by atoms with Crippen molar-refractivity contribution in [1.82, 2.24) is 4.90 Å². The Morgan fingerprint density at radius 2 is 1.97 bits per heavy atom. The molecule has 0 spiro atoms. The molecule has 156 valence electrons. The molecule has 3 aliphatic rings. The predicted molar refractivity (Wildman–Crippen MR) is 113 cm³/mol. The first-order chi connectivity index (χ1) is 14.4. The van der Waals surface area contributed by atoms with E-state index in [-0.39, 0.29) is 23.3 Å². The number of nitrogens with zero attached hydrogens (tertiary/aromatic N) is 1. The van der Waals surface area contributed by atoms with Gasteiger partial charge in [0.25, 0.3) is 0 Å². The van der Waals surface area contributed by atoms with Gasteiger partial charge in [-0.15, -0.1) is 0 Å². The summed E-state index contributed by atoms with van der Waals surface area (Å²) < 4.78 is 35.6. The topological polar surface area (TPSA) is 72.9 Å². The Bertz CT molecular complexity index is 1150. The number of Topliss-reactive ketones (excluding diaryl/α,β-unsaturated/α-hetero) is 1. The molecule has 0 aromatic heterocycles. The number of carbonyl (C=O) groups excluding carboxylic acids is 1. The summed E-state index contributed by atoms with van der Waals surface area (Å²) in [6.45, 7) is 2.94. The SMILES string of the molecule is CCc1ccc(C=C2Oc3c(ccc4c3CN(C3CCS(=O)(=O)C3)CO4)C2=O)cc1. The molecule has 6 nitrogen and oxygen atoms in total. The Kier molecular flexibility index (Phi) is 4.67. The molecule has 7 heteroatoms. The number of aryl methyl sites for hydroxylation is 1. The van der Waals surface area contributed by atoms with Gasteiger partial charge in [0, 0.05) is 12.6 Å². The maximum absolute atomic E-state index is 12.9. The van der Waals surface area contributed by atoms with Crippen LogP contribution in [-0.2, 0) is 22.8 Å². The number of carbonyl (C=O) groups is 1. The Hall–Kier alpha value is -2.64. The summed E-state index contributed by atoms with van der Waals surface area (Å²) in [4.78, 5) is 14.9. The van der Waals surface area contributed by atoms with Crippen LogP contribution in [-0.4, -0.2) is 43.4 Å². The lowest BCUT2D eigenvalue weighted by atomic mass is 10.0. The minimum absolute atomic E-state index is 0.0665. The molecule has 0 bridgehead atoms. The van der Waals surface area contributed by atoms with Crippen LogP contribution in [0, 0.1) is 0 Å². The minimum atomic E-state index is -2.98. The highest BCUT2D eigenvalue weighted by Crippen LogP contribution is 2.42. The molecule has 2 aromatic rings. The van der Waals surface area contributed by atoms with Crippen molar-refractivity contribution in [2.24, 2.45) is 0 Å². The van der Waals surface area contributed by atoms with Crippen molar-refractivity contribution in [3.63, 3.8) is 0 Å². The van der Waals surface area contributed by atoms with Crippen molar-refractivity contribution in [3.05, 3.63) is 64.4 Å². The molecule has 5 rings (SSSR count). The standard InChI is InChI=1S/C23H23NO5S/c1-2-15-3-5-16(6-4-15)11-21-22(25)18-7-8-20-19(23(18)29-21)12-24(14-28-20)17-9-10-30(26,27)13-17/h3-8,11,17H,2,9-10,12-14H2,1H3. The maximum atomic E-state index is 12.9. The van der Waals surface area contributed by atoms with Gasteiger partial charge in [-0.3, -0.25) is 9.69 Å². The third-order valence-corrected chi connectivity index (χ3v) is 7.81. The van der Waals surface area contributed by atoms with Gasteiger partial charge in [0.15, 0.2) is 15.6 Å². The Labute approximate surface area is 176 Å². The summed E-state index contributed by atoms with van der Waals surface area (Å²) in [5.74, 6) is 1.73. The molecule has 0 amide bonds. The van der Waals surface area contributed by atoms with Crippen molar-refractivity contribution in [3.8, 4) is 11.5 Å². The van der Waals surface area contributed by atoms with E-state index in [1.54, 1.807) is 18.2 Å². The second kappa shape index (κ2) is 7.25. The fourth-order valence-corrected chi connectivity index (χ4v) is 6.04. The van der Waals surface area contributed by atoms with E-state index >= 15 is 0 Å². The normalized spacial score (nSPS) is 23.7. The first kappa shape index (κ1) is 19.3. The quantitative estimate of drug-likeness (QED) is 0.704. The summed E-state index contributed by atoms with van der Waals surface area (Å²) in [6, 6.07) is 11.5.